The molecule has 44 heavy (non-hydrogen) atoms. The number of fused-ring (bicyclic) bond motifs is 1. The smallest absolute Gasteiger partial charge is 0.271 e. The van der Waals surface area contributed by atoms with Gasteiger partial charge in [0.2, 0.25) is 0 Å². The Kier molecular flexibility index (Phi) is 8.74. The lowest BCUT2D eigenvalue weighted by atomic mass is 9.95. The Bertz CT molecular complexity index is 1890. The number of hydrogen-bond donors (Lipinski definition) is 1. The van der Waals surface area contributed by atoms with Crippen molar-refractivity contribution in [1.82, 2.24) is 9.47 Å². The maximum Gasteiger partial charge on any atom is 0.271 e. The average molecular weight is 629 g/mol. The number of carbonyl (C=O) groups is 2. The number of anilines is 1. The summed E-state index contributed by atoms with van der Waals surface area (Å²) in [5.41, 5.74) is 2.80. The van der Waals surface area contributed by atoms with Crippen LogP contribution in [0.25, 0.3) is 6.08 Å². The Hall–Kier alpha value is -4.51. The number of nitrogens with zero attached hydrogens (tertiary/aromatic N) is 3. The van der Waals surface area contributed by atoms with Crippen molar-refractivity contribution < 1.29 is 19.1 Å². The largest absolute Gasteiger partial charge is 0.484 e. The van der Waals surface area contributed by atoms with Crippen LogP contribution in [-0.4, -0.2) is 54.2 Å². The van der Waals surface area contributed by atoms with Gasteiger partial charge in [0.25, 0.3) is 17.4 Å². The van der Waals surface area contributed by atoms with Gasteiger partial charge in [-0.05, 0) is 60.5 Å². The van der Waals surface area contributed by atoms with Crippen LogP contribution in [0.2, 0.25) is 5.02 Å². The second kappa shape index (κ2) is 13.0. The van der Waals surface area contributed by atoms with Gasteiger partial charge in [0.15, 0.2) is 11.4 Å². The number of thiazole rings is 1. The summed E-state index contributed by atoms with van der Waals surface area (Å²) in [7, 11) is 0. The highest BCUT2D eigenvalue weighted by molar-refractivity contribution is 7.07. The molecule has 0 saturated carbocycles. The van der Waals surface area contributed by atoms with Gasteiger partial charge in [-0.2, -0.15) is 0 Å². The molecule has 0 bridgehead atoms. The molecule has 0 unspecified atom stereocenters. The Labute approximate surface area is 262 Å². The number of aromatic nitrogens is 1. The van der Waals surface area contributed by atoms with Gasteiger partial charge in [-0.3, -0.25) is 19.0 Å². The minimum atomic E-state index is -0.700. The molecule has 6 rings (SSSR count). The van der Waals surface area contributed by atoms with Crippen LogP contribution < -0.4 is 24.9 Å². The zero-order valence-corrected chi connectivity index (χ0v) is 25.4. The van der Waals surface area contributed by atoms with E-state index in [2.05, 4.69) is 5.32 Å². The zero-order chi connectivity index (χ0) is 30.6. The molecule has 0 spiro atoms. The molecular weight excluding hydrogens is 600 g/mol. The number of amides is 2. The molecule has 1 N–H and O–H groups in total. The summed E-state index contributed by atoms with van der Waals surface area (Å²) < 4.78 is 13.0. The summed E-state index contributed by atoms with van der Waals surface area (Å²) in [4.78, 5) is 46.9. The van der Waals surface area contributed by atoms with Gasteiger partial charge in [0, 0.05) is 23.8 Å². The summed E-state index contributed by atoms with van der Waals surface area (Å²) in [5.74, 6) is 0.132. The second-order valence-corrected chi connectivity index (χ2v) is 11.7. The van der Waals surface area contributed by atoms with Gasteiger partial charge in [0.1, 0.15) is 5.75 Å². The molecule has 224 valence electrons. The Balaban J connectivity index is 1.29. The molecule has 2 amide bonds. The van der Waals surface area contributed by atoms with Gasteiger partial charge in [-0.15, -0.1) is 0 Å². The molecule has 1 atom stereocenters. The normalized spacial score (nSPS) is 16.7. The van der Waals surface area contributed by atoms with E-state index in [-0.39, 0.29) is 24.0 Å². The number of carbonyl (C=O) groups excluding carboxylic acids is 2. The summed E-state index contributed by atoms with van der Waals surface area (Å²) >= 11 is 7.44. The summed E-state index contributed by atoms with van der Waals surface area (Å²) in [6.45, 7) is 3.93. The molecule has 9 nitrogen and oxygen atoms in total. The van der Waals surface area contributed by atoms with Crippen molar-refractivity contribution in [2.24, 2.45) is 4.99 Å². The minimum Gasteiger partial charge on any atom is -0.484 e. The second-order valence-electron chi connectivity index (χ2n) is 10.3. The molecule has 0 aliphatic carbocycles. The van der Waals surface area contributed by atoms with Gasteiger partial charge >= 0.3 is 0 Å². The number of halogens is 1. The Morgan fingerprint density at radius 2 is 1.75 bits per heavy atom. The molecule has 3 heterocycles. The lowest BCUT2D eigenvalue weighted by Crippen LogP contribution is -2.42. The van der Waals surface area contributed by atoms with E-state index in [1.54, 1.807) is 58.9 Å². The van der Waals surface area contributed by atoms with E-state index in [0.717, 1.165) is 11.1 Å². The van der Waals surface area contributed by atoms with E-state index in [1.165, 1.54) is 11.3 Å². The first-order chi connectivity index (χ1) is 21.4. The van der Waals surface area contributed by atoms with Crippen LogP contribution in [0.1, 0.15) is 24.1 Å². The Morgan fingerprint density at radius 1 is 1.05 bits per heavy atom. The van der Waals surface area contributed by atoms with Crippen molar-refractivity contribution in [3.63, 3.8) is 0 Å². The van der Waals surface area contributed by atoms with E-state index < -0.39 is 6.04 Å². The maximum atomic E-state index is 13.9. The third-order valence-corrected chi connectivity index (χ3v) is 8.62. The third kappa shape index (κ3) is 6.37. The molecule has 11 heteroatoms. The van der Waals surface area contributed by atoms with E-state index in [0.29, 0.717) is 63.4 Å². The van der Waals surface area contributed by atoms with Crippen molar-refractivity contribution in [3.8, 4) is 5.75 Å². The van der Waals surface area contributed by atoms with E-state index >= 15 is 0 Å². The fourth-order valence-corrected chi connectivity index (χ4v) is 6.33. The van der Waals surface area contributed by atoms with E-state index in [4.69, 9.17) is 26.1 Å². The quantitative estimate of drug-likeness (QED) is 0.336. The van der Waals surface area contributed by atoms with Gasteiger partial charge in [-0.1, -0.05) is 65.4 Å². The molecule has 2 aliphatic heterocycles. The molecule has 1 aromatic heterocycles. The first-order valence-electron chi connectivity index (χ1n) is 14.1. The van der Waals surface area contributed by atoms with Crippen LogP contribution in [0.5, 0.6) is 5.75 Å². The molecule has 2 aliphatic rings. The average Bonchev–Trinajstić information content (AvgIpc) is 3.34. The first kappa shape index (κ1) is 29.6. The number of hydrogen-bond acceptors (Lipinski definition) is 7. The fourth-order valence-electron chi connectivity index (χ4n) is 5.15. The molecule has 1 saturated heterocycles. The highest BCUT2D eigenvalue weighted by atomic mass is 35.5. The fraction of sp³-hybridized carbons (Fsp3) is 0.212. The van der Waals surface area contributed by atoms with Crippen LogP contribution in [0.3, 0.4) is 0 Å². The predicted molar refractivity (Wildman–Crippen MR) is 170 cm³/mol. The number of benzene rings is 3. The lowest BCUT2D eigenvalue weighted by Gasteiger charge is -2.26. The van der Waals surface area contributed by atoms with Crippen LogP contribution in [0.15, 0.2) is 99.9 Å². The number of morpholine rings is 1. The van der Waals surface area contributed by atoms with Crippen LogP contribution in [0.4, 0.5) is 5.69 Å². The summed E-state index contributed by atoms with van der Waals surface area (Å²) in [6.07, 6.45) is 1.79. The zero-order valence-electron chi connectivity index (χ0n) is 23.9. The van der Waals surface area contributed by atoms with Gasteiger partial charge in [0.05, 0.1) is 35.1 Å². The summed E-state index contributed by atoms with van der Waals surface area (Å²) in [6, 6.07) is 22.8. The van der Waals surface area contributed by atoms with Crippen molar-refractivity contribution >= 4 is 46.5 Å². The lowest BCUT2D eigenvalue weighted by molar-refractivity contribution is -0.137. The number of para-hydroxylation sites is 1. The highest BCUT2D eigenvalue weighted by Crippen LogP contribution is 2.31. The van der Waals surface area contributed by atoms with Crippen molar-refractivity contribution in [2.45, 2.75) is 13.0 Å². The summed E-state index contributed by atoms with van der Waals surface area (Å²) in [5, 5.41) is 3.50. The van der Waals surface area contributed by atoms with Crippen LogP contribution in [0, 0.1) is 0 Å². The predicted octanol–water partition coefficient (Wildman–Crippen LogP) is 3.76. The number of rotatable bonds is 7. The van der Waals surface area contributed by atoms with Crippen LogP contribution >= 0.6 is 22.9 Å². The number of allylic oxidation sites excluding steroid dienone is 1. The monoisotopic (exact) mass is 628 g/mol. The van der Waals surface area contributed by atoms with Crippen molar-refractivity contribution in [3.05, 3.63) is 126 Å². The molecule has 4 aromatic rings. The van der Waals surface area contributed by atoms with Gasteiger partial charge < -0.3 is 19.7 Å². The van der Waals surface area contributed by atoms with E-state index in [9.17, 15) is 14.4 Å². The molecule has 3 aromatic carbocycles. The van der Waals surface area contributed by atoms with Gasteiger partial charge in [-0.25, -0.2) is 4.99 Å². The standard InChI is InChI=1S/C33H29ClN4O5S/c1-21-29(31(40)36-25-5-3-2-4-6-25)30(23-9-11-24(34)12-10-23)38-32(41)27(44-33(38)35-21)19-22-7-13-26(14-8-22)43-20-28(39)37-15-17-42-18-16-37/h2-14,19,30H,15-18,20H2,1H3,(H,36,40)/b27-19+/t30-/m1/s1. The topological polar surface area (TPSA) is 102 Å². The molecule has 0 radical (unpaired) electrons. The number of ether oxygens (including phenoxy) is 2. The number of nitrogens with one attached hydrogen (secondary N) is 1. The maximum absolute atomic E-state index is 13.9. The van der Waals surface area contributed by atoms with Crippen molar-refractivity contribution in [2.75, 3.05) is 38.2 Å². The third-order valence-electron chi connectivity index (χ3n) is 7.39. The Morgan fingerprint density at radius 3 is 2.45 bits per heavy atom. The van der Waals surface area contributed by atoms with Crippen LogP contribution in [-0.2, 0) is 14.3 Å². The minimum absolute atomic E-state index is 0.0534. The SMILES string of the molecule is CC1=C(C(=O)Nc2ccccc2)[C@@H](c2ccc(Cl)cc2)n2c(s/c(=C/c3ccc(OCC(=O)N4CCOCC4)cc3)c2=O)=N1. The van der Waals surface area contributed by atoms with Crippen molar-refractivity contribution in [1.29, 1.82) is 0 Å². The van der Waals surface area contributed by atoms with E-state index in [1.807, 2.05) is 42.5 Å². The highest BCUT2D eigenvalue weighted by Gasteiger charge is 2.32. The first-order valence-corrected chi connectivity index (χ1v) is 15.3. The molecular formula is C33H29ClN4O5S. The molecule has 1 fully saturated rings.